The van der Waals surface area contributed by atoms with Gasteiger partial charge in [-0.2, -0.15) is 0 Å². The minimum absolute atomic E-state index is 0.298. The number of rotatable bonds is 4. The van der Waals surface area contributed by atoms with Crippen molar-refractivity contribution >= 4 is 10.8 Å². The second kappa shape index (κ2) is 6.02. The smallest absolute Gasteiger partial charge is 0.127 e. The fourth-order valence-electron chi connectivity index (χ4n) is 2.46. The summed E-state index contributed by atoms with van der Waals surface area (Å²) in [5.74, 6) is -0.805. The molecule has 1 N–H and O–H groups in total. The summed E-state index contributed by atoms with van der Waals surface area (Å²) < 4.78 is 26.7. The molecule has 0 saturated carbocycles. The molecule has 0 unspecified atom stereocenters. The number of hydrogen-bond donors (Lipinski definition) is 1. The molecule has 0 amide bonds. The van der Waals surface area contributed by atoms with E-state index in [-0.39, 0.29) is 5.82 Å². The Morgan fingerprint density at radius 3 is 2.43 bits per heavy atom. The molecule has 0 aliphatic heterocycles. The van der Waals surface area contributed by atoms with Gasteiger partial charge in [0.15, 0.2) is 0 Å². The van der Waals surface area contributed by atoms with Crippen molar-refractivity contribution in [1.82, 2.24) is 5.32 Å². The number of hydrogen-bond acceptors (Lipinski definition) is 1. The van der Waals surface area contributed by atoms with Gasteiger partial charge in [-0.3, -0.25) is 0 Å². The minimum Gasteiger partial charge on any atom is -0.308 e. The van der Waals surface area contributed by atoms with Gasteiger partial charge in [-0.25, -0.2) is 8.78 Å². The van der Waals surface area contributed by atoms with Gasteiger partial charge in [0.05, 0.1) is 0 Å². The molecule has 3 rings (SSSR count). The fourth-order valence-corrected chi connectivity index (χ4v) is 2.46. The van der Waals surface area contributed by atoms with Crippen LogP contribution in [0.1, 0.15) is 11.1 Å². The summed E-state index contributed by atoms with van der Waals surface area (Å²) in [4.78, 5) is 0. The van der Waals surface area contributed by atoms with Gasteiger partial charge in [-0.1, -0.05) is 42.5 Å². The molecule has 3 aromatic rings. The Morgan fingerprint density at radius 1 is 0.762 bits per heavy atom. The van der Waals surface area contributed by atoms with Gasteiger partial charge in [0.25, 0.3) is 0 Å². The standard InChI is InChI=1S/C18H15F2N/c19-16-8-9-18(20)15(10-16)12-21-11-14-6-3-5-13-4-1-2-7-17(13)14/h1-10,21H,11-12H2. The number of benzene rings is 3. The van der Waals surface area contributed by atoms with E-state index in [2.05, 4.69) is 23.5 Å². The highest BCUT2D eigenvalue weighted by Gasteiger charge is 2.04. The van der Waals surface area contributed by atoms with Crippen molar-refractivity contribution in [2.75, 3.05) is 0 Å². The summed E-state index contributed by atoms with van der Waals surface area (Å²) >= 11 is 0. The summed E-state index contributed by atoms with van der Waals surface area (Å²) in [6.45, 7) is 0.907. The van der Waals surface area contributed by atoms with Crippen LogP contribution in [0, 0.1) is 11.6 Å². The van der Waals surface area contributed by atoms with Gasteiger partial charge in [0.2, 0.25) is 0 Å². The van der Waals surface area contributed by atoms with Crippen molar-refractivity contribution in [3.05, 3.63) is 83.4 Å². The molecular formula is C18H15F2N. The summed E-state index contributed by atoms with van der Waals surface area (Å²) in [5, 5.41) is 5.52. The van der Waals surface area contributed by atoms with Crippen molar-refractivity contribution in [3.8, 4) is 0 Å². The highest BCUT2D eigenvalue weighted by atomic mass is 19.1. The van der Waals surface area contributed by atoms with Crippen LogP contribution in [-0.2, 0) is 13.1 Å². The summed E-state index contributed by atoms with van der Waals surface area (Å²) in [6, 6.07) is 17.7. The predicted molar refractivity (Wildman–Crippen MR) is 80.8 cm³/mol. The lowest BCUT2D eigenvalue weighted by molar-refractivity contribution is 0.569. The van der Waals surface area contributed by atoms with Gasteiger partial charge in [0, 0.05) is 18.7 Å². The van der Waals surface area contributed by atoms with Crippen LogP contribution in [-0.4, -0.2) is 0 Å². The third kappa shape index (κ3) is 3.09. The monoisotopic (exact) mass is 283 g/mol. The highest BCUT2D eigenvalue weighted by molar-refractivity contribution is 5.85. The van der Waals surface area contributed by atoms with E-state index in [1.807, 2.05) is 24.3 Å². The van der Waals surface area contributed by atoms with Crippen molar-refractivity contribution in [2.24, 2.45) is 0 Å². The van der Waals surface area contributed by atoms with Gasteiger partial charge in [-0.15, -0.1) is 0 Å². The molecule has 106 valence electrons. The SMILES string of the molecule is Fc1ccc(F)c(CNCc2cccc3ccccc23)c1. The predicted octanol–water partition coefficient (Wildman–Crippen LogP) is 4.41. The van der Waals surface area contributed by atoms with Crippen LogP contribution in [0.2, 0.25) is 0 Å². The lowest BCUT2D eigenvalue weighted by Crippen LogP contribution is -2.14. The molecule has 21 heavy (non-hydrogen) atoms. The molecule has 0 saturated heterocycles. The molecule has 3 heteroatoms. The topological polar surface area (TPSA) is 12.0 Å². The maximum Gasteiger partial charge on any atom is 0.127 e. The van der Waals surface area contributed by atoms with Crippen LogP contribution in [0.25, 0.3) is 10.8 Å². The molecule has 0 aliphatic carbocycles. The van der Waals surface area contributed by atoms with E-state index in [1.165, 1.54) is 16.8 Å². The Bertz CT molecular complexity index is 763. The first-order valence-electron chi connectivity index (χ1n) is 6.85. The Labute approximate surface area is 122 Å². The van der Waals surface area contributed by atoms with Gasteiger partial charge < -0.3 is 5.32 Å². The Hall–Kier alpha value is -2.26. The van der Waals surface area contributed by atoms with E-state index in [0.717, 1.165) is 17.7 Å². The molecule has 0 bridgehead atoms. The zero-order valence-corrected chi connectivity index (χ0v) is 11.4. The van der Waals surface area contributed by atoms with Crippen LogP contribution < -0.4 is 5.32 Å². The Balaban J connectivity index is 1.74. The minimum atomic E-state index is -0.418. The van der Waals surface area contributed by atoms with Crippen LogP contribution in [0.4, 0.5) is 8.78 Å². The normalized spacial score (nSPS) is 11.0. The summed E-state index contributed by atoms with van der Waals surface area (Å²) in [6.07, 6.45) is 0. The number of nitrogens with one attached hydrogen (secondary N) is 1. The lowest BCUT2D eigenvalue weighted by Gasteiger charge is -2.09. The van der Waals surface area contributed by atoms with Crippen molar-refractivity contribution in [2.45, 2.75) is 13.1 Å². The summed E-state index contributed by atoms with van der Waals surface area (Å²) in [7, 11) is 0. The van der Waals surface area contributed by atoms with E-state index in [4.69, 9.17) is 0 Å². The van der Waals surface area contributed by atoms with Crippen molar-refractivity contribution in [1.29, 1.82) is 0 Å². The maximum atomic E-state index is 13.5. The Morgan fingerprint density at radius 2 is 1.52 bits per heavy atom. The molecule has 0 heterocycles. The average molecular weight is 283 g/mol. The molecule has 0 fully saturated rings. The zero-order chi connectivity index (χ0) is 14.7. The average Bonchev–Trinajstić information content (AvgIpc) is 2.51. The molecule has 0 atom stereocenters. The van der Waals surface area contributed by atoms with Gasteiger partial charge in [0.1, 0.15) is 11.6 Å². The first kappa shape index (κ1) is 13.7. The van der Waals surface area contributed by atoms with Crippen molar-refractivity contribution in [3.63, 3.8) is 0 Å². The van der Waals surface area contributed by atoms with Gasteiger partial charge >= 0.3 is 0 Å². The molecular weight excluding hydrogens is 268 g/mol. The second-order valence-corrected chi connectivity index (χ2v) is 4.98. The fraction of sp³-hybridized carbons (Fsp3) is 0.111. The molecule has 0 aromatic heterocycles. The first-order chi connectivity index (χ1) is 10.2. The first-order valence-corrected chi connectivity index (χ1v) is 6.85. The Kier molecular flexibility index (Phi) is 3.93. The second-order valence-electron chi connectivity index (χ2n) is 4.98. The van der Waals surface area contributed by atoms with Crippen LogP contribution in [0.15, 0.2) is 60.7 Å². The van der Waals surface area contributed by atoms with Gasteiger partial charge in [-0.05, 0) is 34.5 Å². The zero-order valence-electron chi connectivity index (χ0n) is 11.4. The largest absolute Gasteiger partial charge is 0.308 e. The van der Waals surface area contributed by atoms with Crippen LogP contribution in [0.5, 0.6) is 0 Å². The molecule has 3 aromatic carbocycles. The van der Waals surface area contributed by atoms with E-state index in [0.29, 0.717) is 18.7 Å². The third-order valence-corrected chi connectivity index (χ3v) is 3.52. The number of fused-ring (bicyclic) bond motifs is 1. The molecule has 0 radical (unpaired) electrons. The third-order valence-electron chi connectivity index (χ3n) is 3.52. The molecule has 1 nitrogen and oxygen atoms in total. The van der Waals surface area contributed by atoms with Crippen molar-refractivity contribution < 1.29 is 8.78 Å². The van der Waals surface area contributed by atoms with E-state index < -0.39 is 5.82 Å². The van der Waals surface area contributed by atoms with E-state index in [9.17, 15) is 8.78 Å². The molecule has 0 spiro atoms. The van der Waals surface area contributed by atoms with E-state index in [1.54, 1.807) is 0 Å². The molecule has 0 aliphatic rings. The highest BCUT2D eigenvalue weighted by Crippen LogP contribution is 2.18. The summed E-state index contributed by atoms with van der Waals surface area (Å²) in [5.41, 5.74) is 1.49. The van der Waals surface area contributed by atoms with Crippen LogP contribution >= 0.6 is 0 Å². The lowest BCUT2D eigenvalue weighted by atomic mass is 10.0. The van der Waals surface area contributed by atoms with E-state index >= 15 is 0 Å². The number of halogens is 2. The quantitative estimate of drug-likeness (QED) is 0.748. The van der Waals surface area contributed by atoms with Crippen LogP contribution in [0.3, 0.4) is 0 Å². The maximum absolute atomic E-state index is 13.5.